The summed E-state index contributed by atoms with van der Waals surface area (Å²) >= 11 is 0. The summed E-state index contributed by atoms with van der Waals surface area (Å²) in [5.41, 5.74) is 0. The summed E-state index contributed by atoms with van der Waals surface area (Å²) < 4.78 is 11.2. The van der Waals surface area contributed by atoms with E-state index >= 15 is 0 Å². The summed E-state index contributed by atoms with van der Waals surface area (Å²) in [5, 5.41) is 32.6. The van der Waals surface area contributed by atoms with E-state index in [1.165, 1.54) is 77.0 Å². The Morgan fingerprint density at radius 3 is 1.69 bits per heavy atom. The molecule has 0 heterocycles. The molecule has 0 amide bonds. The minimum absolute atomic E-state index is 0.342. The Balaban J connectivity index is 3.66. The molecule has 0 aliphatic rings. The highest BCUT2D eigenvalue weighted by Gasteiger charge is 2.13. The minimum atomic E-state index is -0.425. The van der Waals surface area contributed by atoms with Crippen LogP contribution in [0, 0.1) is 0 Å². The van der Waals surface area contributed by atoms with Gasteiger partial charge in [0.1, 0.15) is 0 Å². The monoisotopic (exact) mass is 518 g/mol. The van der Waals surface area contributed by atoms with Crippen molar-refractivity contribution in [2.75, 3.05) is 59.2 Å². The van der Waals surface area contributed by atoms with E-state index in [2.05, 4.69) is 17.1 Å². The Labute approximate surface area is 223 Å². The third-order valence-electron chi connectivity index (χ3n) is 6.42. The lowest BCUT2D eigenvalue weighted by Gasteiger charge is -2.26. The first-order chi connectivity index (χ1) is 17.5. The number of rotatable bonds is 29. The van der Waals surface area contributed by atoms with E-state index < -0.39 is 6.10 Å². The van der Waals surface area contributed by atoms with Crippen molar-refractivity contribution in [3.8, 4) is 0 Å². The number of unbranched alkanes of at least 4 members (excludes halogenated alkanes) is 12. The molecule has 0 rings (SSSR count). The molecule has 0 aromatic heterocycles. The molecule has 218 valence electrons. The molecule has 0 saturated heterocycles. The summed E-state index contributed by atoms with van der Waals surface area (Å²) in [5.74, 6) is 0. The second-order valence-corrected chi connectivity index (χ2v) is 10.6. The SMILES string of the molecule is CCCCCCCCCCCCCCCC(O)CN(CCOCCOCCNCC(C)O)CC(C)O. The van der Waals surface area contributed by atoms with Gasteiger partial charge in [-0.2, -0.15) is 0 Å². The van der Waals surface area contributed by atoms with Crippen LogP contribution in [0.3, 0.4) is 0 Å². The quantitative estimate of drug-likeness (QED) is 0.108. The molecule has 0 aromatic rings. The molecular formula is C29H62N2O5. The van der Waals surface area contributed by atoms with Crippen LogP contribution in [0.5, 0.6) is 0 Å². The van der Waals surface area contributed by atoms with E-state index in [0.717, 1.165) is 12.8 Å². The zero-order chi connectivity index (χ0) is 26.7. The van der Waals surface area contributed by atoms with Crippen LogP contribution < -0.4 is 5.32 Å². The number of hydrogen-bond acceptors (Lipinski definition) is 7. The maximum Gasteiger partial charge on any atom is 0.0701 e. The summed E-state index contributed by atoms with van der Waals surface area (Å²) in [7, 11) is 0. The fraction of sp³-hybridized carbons (Fsp3) is 1.00. The number of ether oxygens (including phenoxy) is 2. The topological polar surface area (TPSA) is 94.4 Å². The number of nitrogens with zero attached hydrogens (tertiary/aromatic N) is 1. The number of hydrogen-bond donors (Lipinski definition) is 4. The second kappa shape index (κ2) is 27.7. The Hall–Kier alpha value is -0.280. The van der Waals surface area contributed by atoms with Gasteiger partial charge in [0.2, 0.25) is 0 Å². The zero-order valence-electron chi connectivity index (χ0n) is 24.1. The molecule has 0 radical (unpaired) electrons. The number of aliphatic hydroxyl groups is 3. The maximum absolute atomic E-state index is 10.5. The van der Waals surface area contributed by atoms with Crippen LogP contribution >= 0.6 is 0 Å². The summed E-state index contributed by atoms with van der Waals surface area (Å²) in [6.45, 7) is 11.1. The van der Waals surface area contributed by atoms with Crippen molar-refractivity contribution < 1.29 is 24.8 Å². The lowest BCUT2D eigenvalue weighted by Crippen LogP contribution is -2.39. The normalized spacial score (nSPS) is 14.4. The summed E-state index contributed by atoms with van der Waals surface area (Å²) in [4.78, 5) is 2.10. The van der Waals surface area contributed by atoms with Gasteiger partial charge in [-0.25, -0.2) is 0 Å². The summed E-state index contributed by atoms with van der Waals surface area (Å²) in [6.07, 6.45) is 17.0. The zero-order valence-corrected chi connectivity index (χ0v) is 24.1. The van der Waals surface area contributed by atoms with E-state index in [0.29, 0.717) is 59.2 Å². The van der Waals surface area contributed by atoms with Crippen molar-refractivity contribution >= 4 is 0 Å². The molecule has 4 N–H and O–H groups in total. The van der Waals surface area contributed by atoms with Crippen LogP contribution in [0.25, 0.3) is 0 Å². The molecule has 0 fully saturated rings. The van der Waals surface area contributed by atoms with Gasteiger partial charge in [0.25, 0.3) is 0 Å². The van der Waals surface area contributed by atoms with Gasteiger partial charge in [0.15, 0.2) is 0 Å². The van der Waals surface area contributed by atoms with Crippen LogP contribution in [0.4, 0.5) is 0 Å². The average Bonchev–Trinajstić information content (AvgIpc) is 2.82. The molecule has 0 spiro atoms. The highest BCUT2D eigenvalue weighted by molar-refractivity contribution is 4.67. The van der Waals surface area contributed by atoms with Crippen LogP contribution in [-0.4, -0.2) is 97.7 Å². The lowest BCUT2D eigenvalue weighted by molar-refractivity contribution is 0.0220. The van der Waals surface area contributed by atoms with Crippen molar-refractivity contribution in [3.63, 3.8) is 0 Å². The Bertz CT molecular complexity index is 426. The third kappa shape index (κ3) is 28.3. The van der Waals surface area contributed by atoms with E-state index in [9.17, 15) is 15.3 Å². The first kappa shape index (κ1) is 35.7. The Kier molecular flexibility index (Phi) is 27.5. The van der Waals surface area contributed by atoms with Gasteiger partial charge in [0.05, 0.1) is 44.7 Å². The van der Waals surface area contributed by atoms with Crippen molar-refractivity contribution in [2.24, 2.45) is 0 Å². The molecule has 36 heavy (non-hydrogen) atoms. The molecule has 0 bridgehead atoms. The van der Waals surface area contributed by atoms with Crippen molar-refractivity contribution in [1.29, 1.82) is 0 Å². The highest BCUT2D eigenvalue weighted by atomic mass is 16.5. The predicted octanol–water partition coefficient (Wildman–Crippen LogP) is 4.52. The fourth-order valence-electron chi connectivity index (χ4n) is 4.39. The molecule has 7 heteroatoms. The Morgan fingerprint density at radius 1 is 0.639 bits per heavy atom. The molecule has 0 aliphatic carbocycles. The van der Waals surface area contributed by atoms with Crippen LogP contribution in [-0.2, 0) is 9.47 Å². The largest absolute Gasteiger partial charge is 0.392 e. The maximum atomic E-state index is 10.5. The van der Waals surface area contributed by atoms with Gasteiger partial charge in [-0.05, 0) is 20.3 Å². The van der Waals surface area contributed by atoms with Gasteiger partial charge >= 0.3 is 0 Å². The van der Waals surface area contributed by atoms with Crippen LogP contribution in [0.2, 0.25) is 0 Å². The molecule has 3 atom stereocenters. The average molecular weight is 519 g/mol. The first-order valence-corrected chi connectivity index (χ1v) is 15.1. The predicted molar refractivity (Wildman–Crippen MR) is 151 cm³/mol. The van der Waals surface area contributed by atoms with E-state index in [1.807, 2.05) is 0 Å². The van der Waals surface area contributed by atoms with Crippen LogP contribution in [0.1, 0.15) is 111 Å². The van der Waals surface area contributed by atoms with Gasteiger partial charge < -0.3 is 30.1 Å². The first-order valence-electron chi connectivity index (χ1n) is 15.1. The standard InChI is InChI=1S/C29H62N2O5/c1-4-5-6-7-8-9-10-11-12-13-14-15-16-17-29(34)26-31(25-28(3)33)19-21-36-23-22-35-20-18-30-24-27(2)32/h27-30,32-34H,4-26H2,1-3H3. The fourth-order valence-corrected chi connectivity index (χ4v) is 4.39. The van der Waals surface area contributed by atoms with E-state index in [4.69, 9.17) is 9.47 Å². The highest BCUT2D eigenvalue weighted by Crippen LogP contribution is 2.13. The van der Waals surface area contributed by atoms with Gasteiger partial charge in [0, 0.05) is 32.7 Å². The van der Waals surface area contributed by atoms with E-state index in [1.54, 1.807) is 13.8 Å². The van der Waals surface area contributed by atoms with E-state index in [-0.39, 0.29) is 12.2 Å². The smallest absolute Gasteiger partial charge is 0.0701 e. The molecule has 7 nitrogen and oxygen atoms in total. The van der Waals surface area contributed by atoms with Gasteiger partial charge in [-0.3, -0.25) is 4.90 Å². The second-order valence-electron chi connectivity index (χ2n) is 10.6. The van der Waals surface area contributed by atoms with Gasteiger partial charge in [-0.1, -0.05) is 90.4 Å². The summed E-state index contributed by atoms with van der Waals surface area (Å²) in [6, 6.07) is 0. The van der Waals surface area contributed by atoms with Crippen molar-refractivity contribution in [2.45, 2.75) is 129 Å². The Morgan fingerprint density at radius 2 is 1.17 bits per heavy atom. The molecule has 0 aliphatic heterocycles. The molecule has 0 aromatic carbocycles. The number of aliphatic hydroxyl groups excluding tert-OH is 3. The van der Waals surface area contributed by atoms with Crippen LogP contribution in [0.15, 0.2) is 0 Å². The molecular weight excluding hydrogens is 456 g/mol. The minimum Gasteiger partial charge on any atom is -0.392 e. The van der Waals surface area contributed by atoms with Gasteiger partial charge in [-0.15, -0.1) is 0 Å². The molecule has 3 unspecified atom stereocenters. The number of nitrogens with one attached hydrogen (secondary N) is 1. The molecule has 0 saturated carbocycles. The lowest BCUT2D eigenvalue weighted by atomic mass is 10.0. The van der Waals surface area contributed by atoms with Crippen molar-refractivity contribution in [3.05, 3.63) is 0 Å². The third-order valence-corrected chi connectivity index (χ3v) is 6.42. The van der Waals surface area contributed by atoms with Crippen molar-refractivity contribution in [1.82, 2.24) is 10.2 Å².